The van der Waals surface area contributed by atoms with Crippen molar-refractivity contribution in [3.8, 4) is 22.5 Å². The fraction of sp³-hybridized carbons (Fsp3) is 0.100. The van der Waals surface area contributed by atoms with Crippen molar-refractivity contribution in [2.45, 2.75) is 11.8 Å². The van der Waals surface area contributed by atoms with Gasteiger partial charge in [-0.2, -0.15) is 0 Å². The van der Waals surface area contributed by atoms with E-state index < -0.39 is 0 Å². The summed E-state index contributed by atoms with van der Waals surface area (Å²) < 4.78 is 15.3. The Kier molecular flexibility index (Phi) is 4.01. The molecule has 0 radical (unpaired) electrons. The number of nitrogens with zero attached hydrogens (tertiary/aromatic N) is 3. The molecule has 0 aliphatic rings. The predicted octanol–water partition coefficient (Wildman–Crippen LogP) is 5.23. The van der Waals surface area contributed by atoms with Crippen LogP contribution in [-0.2, 0) is 0 Å². The summed E-state index contributed by atoms with van der Waals surface area (Å²) >= 11 is 1.70. The molecule has 0 saturated carbocycles. The van der Waals surface area contributed by atoms with Crippen LogP contribution in [0.2, 0.25) is 0 Å². The second kappa shape index (κ2) is 6.33. The summed E-state index contributed by atoms with van der Waals surface area (Å²) in [6, 6.07) is 16.7. The maximum Gasteiger partial charge on any atom is 0.235 e. The highest BCUT2D eigenvalue weighted by Crippen LogP contribution is 2.33. The molecule has 0 N–H and O–H groups in total. The third-order valence-corrected chi connectivity index (χ3v) is 4.86. The monoisotopic (exact) mass is 349 g/mol. The largest absolute Gasteiger partial charge is 0.283 e. The van der Waals surface area contributed by atoms with Crippen LogP contribution in [0.1, 0.15) is 5.69 Å². The van der Waals surface area contributed by atoms with Crippen LogP contribution in [0.25, 0.3) is 28.3 Å². The molecule has 3 nitrogen and oxygen atoms in total. The lowest BCUT2D eigenvalue weighted by molar-refractivity contribution is 0.628. The minimum absolute atomic E-state index is 0.252. The van der Waals surface area contributed by atoms with Crippen molar-refractivity contribution >= 4 is 17.5 Å². The average Bonchev–Trinajstić information content (AvgIpc) is 3.01. The summed E-state index contributed by atoms with van der Waals surface area (Å²) in [5.41, 5.74) is 4.59. The normalized spacial score (nSPS) is 11.2. The number of thioether (sulfide) groups is 1. The van der Waals surface area contributed by atoms with Crippen LogP contribution in [0.5, 0.6) is 0 Å². The summed E-state index contributed by atoms with van der Waals surface area (Å²) in [5, 5.41) is 0. The second-order valence-electron chi connectivity index (χ2n) is 5.78. The number of hydrogen-bond acceptors (Lipinski definition) is 3. The third-order valence-electron chi connectivity index (χ3n) is 4.11. The number of rotatable bonds is 3. The molecule has 0 aliphatic heterocycles. The summed E-state index contributed by atoms with van der Waals surface area (Å²) in [6.07, 6.45) is 4.01. The Hall–Kier alpha value is -2.66. The molecule has 0 saturated heterocycles. The van der Waals surface area contributed by atoms with Gasteiger partial charge in [0.1, 0.15) is 5.82 Å². The minimum Gasteiger partial charge on any atom is -0.283 e. The van der Waals surface area contributed by atoms with Gasteiger partial charge in [0, 0.05) is 27.9 Å². The minimum atomic E-state index is -0.252. The van der Waals surface area contributed by atoms with Crippen molar-refractivity contribution in [3.05, 3.63) is 72.3 Å². The van der Waals surface area contributed by atoms with Crippen LogP contribution in [0.3, 0.4) is 0 Å². The predicted molar refractivity (Wildman–Crippen MR) is 100 cm³/mol. The van der Waals surface area contributed by atoms with E-state index in [1.54, 1.807) is 23.9 Å². The lowest BCUT2D eigenvalue weighted by Gasteiger charge is -2.06. The Morgan fingerprint density at radius 1 is 0.880 bits per heavy atom. The number of aryl methyl sites for hydroxylation is 1. The maximum absolute atomic E-state index is 13.4. The molecule has 4 aromatic rings. The van der Waals surface area contributed by atoms with Crippen molar-refractivity contribution in [3.63, 3.8) is 0 Å². The molecule has 2 heterocycles. The van der Waals surface area contributed by atoms with Crippen LogP contribution >= 0.6 is 11.8 Å². The van der Waals surface area contributed by atoms with Gasteiger partial charge in [-0.05, 0) is 55.6 Å². The highest BCUT2D eigenvalue weighted by atomic mass is 32.2. The number of hydrogen-bond donors (Lipinski definition) is 0. The van der Waals surface area contributed by atoms with Gasteiger partial charge >= 0.3 is 0 Å². The van der Waals surface area contributed by atoms with Crippen molar-refractivity contribution < 1.29 is 4.39 Å². The maximum atomic E-state index is 13.4. The summed E-state index contributed by atoms with van der Waals surface area (Å²) in [4.78, 5) is 10.5. The van der Waals surface area contributed by atoms with E-state index in [4.69, 9.17) is 4.98 Å². The van der Waals surface area contributed by atoms with E-state index in [0.29, 0.717) is 5.78 Å². The van der Waals surface area contributed by atoms with E-state index in [-0.39, 0.29) is 5.82 Å². The zero-order valence-electron chi connectivity index (χ0n) is 13.9. The second-order valence-corrected chi connectivity index (χ2v) is 6.66. The van der Waals surface area contributed by atoms with E-state index in [1.165, 1.54) is 17.0 Å². The van der Waals surface area contributed by atoms with E-state index in [2.05, 4.69) is 35.5 Å². The summed E-state index contributed by atoms with van der Waals surface area (Å²) in [5.74, 6) is 0.390. The summed E-state index contributed by atoms with van der Waals surface area (Å²) in [7, 11) is 0. The van der Waals surface area contributed by atoms with Gasteiger partial charge in [-0.25, -0.2) is 14.4 Å². The molecule has 0 spiro atoms. The van der Waals surface area contributed by atoms with Crippen molar-refractivity contribution in [2.24, 2.45) is 0 Å². The quantitative estimate of drug-likeness (QED) is 0.474. The Morgan fingerprint density at radius 2 is 1.56 bits per heavy atom. The smallest absolute Gasteiger partial charge is 0.235 e. The fourth-order valence-electron chi connectivity index (χ4n) is 2.85. The van der Waals surface area contributed by atoms with Crippen molar-refractivity contribution in [1.29, 1.82) is 0 Å². The number of fused-ring (bicyclic) bond motifs is 1. The third kappa shape index (κ3) is 2.91. The molecule has 4 rings (SSSR count). The summed E-state index contributed by atoms with van der Waals surface area (Å²) in [6.45, 7) is 1.94. The topological polar surface area (TPSA) is 30.2 Å². The molecular weight excluding hydrogens is 333 g/mol. The van der Waals surface area contributed by atoms with Gasteiger partial charge in [0.2, 0.25) is 5.78 Å². The molecule has 0 unspecified atom stereocenters. The molecule has 25 heavy (non-hydrogen) atoms. The molecule has 0 atom stereocenters. The Balaban J connectivity index is 1.98. The van der Waals surface area contributed by atoms with Gasteiger partial charge in [0.15, 0.2) is 0 Å². The first-order valence-electron chi connectivity index (χ1n) is 7.92. The van der Waals surface area contributed by atoms with E-state index in [9.17, 15) is 4.39 Å². The molecule has 124 valence electrons. The molecule has 0 amide bonds. The first kappa shape index (κ1) is 15.8. The standard InChI is InChI=1S/C20H16FN3S/c1-13-11-12-24-19(15-3-7-16(21)8-4-15)18(23-20(24)22-13)14-5-9-17(25-2)10-6-14/h3-12H,1-2H3. The van der Waals surface area contributed by atoms with Gasteiger partial charge in [0.25, 0.3) is 0 Å². The van der Waals surface area contributed by atoms with Crippen LogP contribution in [0.15, 0.2) is 65.7 Å². The molecule has 2 aromatic carbocycles. The van der Waals surface area contributed by atoms with E-state index in [1.807, 2.05) is 23.6 Å². The molecule has 2 aromatic heterocycles. The molecule has 0 bridgehead atoms. The number of imidazole rings is 1. The van der Waals surface area contributed by atoms with Gasteiger partial charge < -0.3 is 0 Å². The number of benzene rings is 2. The van der Waals surface area contributed by atoms with Crippen LogP contribution in [0.4, 0.5) is 4.39 Å². The Labute approximate surface area is 149 Å². The average molecular weight is 349 g/mol. The van der Waals surface area contributed by atoms with Gasteiger partial charge in [-0.1, -0.05) is 12.1 Å². The molecular formula is C20H16FN3S. The zero-order valence-corrected chi connectivity index (χ0v) is 14.7. The Morgan fingerprint density at radius 3 is 2.24 bits per heavy atom. The highest BCUT2D eigenvalue weighted by Gasteiger charge is 2.17. The Bertz CT molecular complexity index is 1040. The van der Waals surface area contributed by atoms with Crippen molar-refractivity contribution in [1.82, 2.24) is 14.4 Å². The van der Waals surface area contributed by atoms with Crippen LogP contribution in [0, 0.1) is 12.7 Å². The first-order valence-corrected chi connectivity index (χ1v) is 9.14. The molecule has 5 heteroatoms. The van der Waals surface area contributed by atoms with Crippen LogP contribution in [-0.4, -0.2) is 20.6 Å². The SMILES string of the molecule is CSc1ccc(-c2nc3nc(C)ccn3c2-c2ccc(F)cc2)cc1. The van der Waals surface area contributed by atoms with E-state index >= 15 is 0 Å². The van der Waals surface area contributed by atoms with Gasteiger partial charge in [-0.15, -0.1) is 11.8 Å². The first-order chi connectivity index (χ1) is 12.2. The van der Waals surface area contributed by atoms with Gasteiger partial charge in [0.05, 0.1) is 11.4 Å². The molecule has 0 aliphatic carbocycles. The lowest BCUT2D eigenvalue weighted by atomic mass is 10.0. The number of aromatic nitrogens is 3. The zero-order chi connectivity index (χ0) is 17.4. The molecule has 0 fully saturated rings. The number of halogens is 1. The highest BCUT2D eigenvalue weighted by molar-refractivity contribution is 7.98. The van der Waals surface area contributed by atoms with E-state index in [0.717, 1.165) is 28.2 Å². The van der Waals surface area contributed by atoms with Crippen LogP contribution < -0.4 is 0 Å². The lowest BCUT2D eigenvalue weighted by Crippen LogP contribution is -1.93. The fourth-order valence-corrected chi connectivity index (χ4v) is 3.26. The van der Waals surface area contributed by atoms with Gasteiger partial charge in [-0.3, -0.25) is 4.40 Å². The van der Waals surface area contributed by atoms with Crippen molar-refractivity contribution in [2.75, 3.05) is 6.26 Å².